The lowest BCUT2D eigenvalue weighted by atomic mass is 9.75. The van der Waals surface area contributed by atoms with Crippen LogP contribution in [0.3, 0.4) is 0 Å². The van der Waals surface area contributed by atoms with Crippen molar-refractivity contribution in [2.45, 2.75) is 52.1 Å². The van der Waals surface area contributed by atoms with Crippen LogP contribution in [0.4, 0.5) is 0 Å². The minimum Gasteiger partial charge on any atom is -0.394 e. The maximum atomic E-state index is 8.58. The van der Waals surface area contributed by atoms with Gasteiger partial charge >= 0.3 is 0 Å². The number of rotatable bonds is 7. The highest BCUT2D eigenvalue weighted by Crippen LogP contribution is 2.37. The number of hydrogen-bond acceptors (Lipinski definition) is 3. The molecule has 102 valence electrons. The lowest BCUT2D eigenvalue weighted by Gasteiger charge is -2.38. The Morgan fingerprint density at radius 3 is 2.35 bits per heavy atom. The van der Waals surface area contributed by atoms with Gasteiger partial charge in [0.1, 0.15) is 0 Å². The van der Waals surface area contributed by atoms with Crippen LogP contribution in [0.25, 0.3) is 0 Å². The zero-order valence-corrected chi connectivity index (χ0v) is 11.6. The summed E-state index contributed by atoms with van der Waals surface area (Å²) in [6.07, 6.45) is 4.89. The summed E-state index contributed by atoms with van der Waals surface area (Å²) in [6, 6.07) is 0. The van der Waals surface area contributed by atoms with E-state index in [1.807, 2.05) is 0 Å². The summed E-state index contributed by atoms with van der Waals surface area (Å²) >= 11 is 0. The van der Waals surface area contributed by atoms with Gasteiger partial charge in [0.05, 0.1) is 32.0 Å². The van der Waals surface area contributed by atoms with E-state index < -0.39 is 0 Å². The molecule has 0 aromatic carbocycles. The van der Waals surface area contributed by atoms with Gasteiger partial charge in [-0.05, 0) is 44.4 Å². The van der Waals surface area contributed by atoms with E-state index in [4.69, 9.17) is 14.6 Å². The maximum Gasteiger partial charge on any atom is 0.0707 e. The number of ether oxygens (including phenoxy) is 2. The van der Waals surface area contributed by atoms with Crippen LogP contribution in [0.1, 0.15) is 46.5 Å². The largest absolute Gasteiger partial charge is 0.394 e. The topological polar surface area (TPSA) is 38.7 Å². The zero-order valence-electron chi connectivity index (χ0n) is 11.6. The third-order valence-corrected chi connectivity index (χ3v) is 3.94. The SMILES string of the molecule is CC(C)C1CCC(C)(OCCOCCO)CC1. The van der Waals surface area contributed by atoms with Crippen LogP contribution in [0.15, 0.2) is 0 Å². The van der Waals surface area contributed by atoms with Gasteiger partial charge in [-0.1, -0.05) is 13.8 Å². The van der Waals surface area contributed by atoms with Crippen molar-refractivity contribution in [1.29, 1.82) is 0 Å². The Labute approximate surface area is 105 Å². The molecule has 0 aromatic rings. The van der Waals surface area contributed by atoms with Crippen molar-refractivity contribution < 1.29 is 14.6 Å². The molecular formula is C14H28O3. The van der Waals surface area contributed by atoms with E-state index in [9.17, 15) is 0 Å². The van der Waals surface area contributed by atoms with Crippen molar-refractivity contribution in [3.8, 4) is 0 Å². The van der Waals surface area contributed by atoms with Crippen molar-refractivity contribution >= 4 is 0 Å². The van der Waals surface area contributed by atoms with Gasteiger partial charge in [-0.2, -0.15) is 0 Å². The third-order valence-electron chi connectivity index (χ3n) is 3.94. The lowest BCUT2D eigenvalue weighted by molar-refractivity contribution is -0.0866. The Morgan fingerprint density at radius 1 is 1.18 bits per heavy atom. The van der Waals surface area contributed by atoms with Gasteiger partial charge in [-0.3, -0.25) is 0 Å². The Kier molecular flexibility index (Phi) is 6.45. The van der Waals surface area contributed by atoms with Gasteiger partial charge in [0.25, 0.3) is 0 Å². The molecule has 17 heavy (non-hydrogen) atoms. The minimum absolute atomic E-state index is 0.0496. The van der Waals surface area contributed by atoms with Gasteiger partial charge in [-0.15, -0.1) is 0 Å². The van der Waals surface area contributed by atoms with Crippen LogP contribution in [-0.2, 0) is 9.47 Å². The maximum absolute atomic E-state index is 8.58. The molecule has 0 radical (unpaired) electrons. The van der Waals surface area contributed by atoms with E-state index in [2.05, 4.69) is 20.8 Å². The monoisotopic (exact) mass is 244 g/mol. The van der Waals surface area contributed by atoms with Gasteiger partial charge in [0.2, 0.25) is 0 Å². The number of aliphatic hydroxyl groups is 1. The van der Waals surface area contributed by atoms with E-state index in [-0.39, 0.29) is 12.2 Å². The summed E-state index contributed by atoms with van der Waals surface area (Å²) in [5.41, 5.74) is 0.0496. The molecule has 1 aliphatic rings. The van der Waals surface area contributed by atoms with Crippen LogP contribution in [0.5, 0.6) is 0 Å². The second-order valence-corrected chi connectivity index (χ2v) is 5.72. The lowest BCUT2D eigenvalue weighted by Crippen LogP contribution is -2.36. The molecule has 0 amide bonds. The first-order chi connectivity index (χ1) is 8.07. The van der Waals surface area contributed by atoms with E-state index in [1.165, 1.54) is 12.8 Å². The van der Waals surface area contributed by atoms with Crippen molar-refractivity contribution in [2.24, 2.45) is 11.8 Å². The van der Waals surface area contributed by atoms with Crippen LogP contribution in [0.2, 0.25) is 0 Å². The van der Waals surface area contributed by atoms with Gasteiger partial charge in [0.15, 0.2) is 0 Å². The molecule has 1 fully saturated rings. The summed E-state index contributed by atoms with van der Waals surface area (Å²) < 4.78 is 11.1. The first-order valence-corrected chi connectivity index (χ1v) is 6.90. The number of aliphatic hydroxyl groups excluding tert-OH is 1. The fraction of sp³-hybridized carbons (Fsp3) is 1.00. The zero-order chi connectivity index (χ0) is 12.7. The average Bonchev–Trinajstić information content (AvgIpc) is 2.29. The summed E-state index contributed by atoms with van der Waals surface area (Å²) in [5.74, 6) is 1.67. The Balaban J connectivity index is 2.16. The van der Waals surface area contributed by atoms with Gasteiger partial charge in [0, 0.05) is 0 Å². The minimum atomic E-state index is 0.0496. The molecular weight excluding hydrogens is 216 g/mol. The highest BCUT2D eigenvalue weighted by atomic mass is 16.5. The van der Waals surface area contributed by atoms with Crippen LogP contribution < -0.4 is 0 Å². The van der Waals surface area contributed by atoms with E-state index >= 15 is 0 Å². The van der Waals surface area contributed by atoms with E-state index in [1.54, 1.807) is 0 Å². The molecule has 0 heterocycles. The predicted molar refractivity (Wildman–Crippen MR) is 69.1 cm³/mol. The first kappa shape index (κ1) is 14.9. The van der Waals surface area contributed by atoms with Gasteiger partial charge in [-0.25, -0.2) is 0 Å². The molecule has 0 atom stereocenters. The third kappa shape index (κ3) is 5.36. The van der Waals surface area contributed by atoms with E-state index in [0.717, 1.165) is 24.7 Å². The summed E-state index contributed by atoms with van der Waals surface area (Å²) in [5, 5.41) is 8.58. The summed E-state index contributed by atoms with van der Waals surface area (Å²) in [7, 11) is 0. The number of hydrogen-bond donors (Lipinski definition) is 1. The molecule has 0 spiro atoms. The molecule has 1 saturated carbocycles. The normalized spacial score (nSPS) is 29.8. The second kappa shape index (κ2) is 7.34. The quantitative estimate of drug-likeness (QED) is 0.700. The van der Waals surface area contributed by atoms with E-state index in [0.29, 0.717) is 19.8 Å². The van der Waals surface area contributed by atoms with Crippen molar-refractivity contribution in [1.82, 2.24) is 0 Å². The highest BCUT2D eigenvalue weighted by molar-refractivity contribution is 4.84. The molecule has 3 heteroatoms. The van der Waals surface area contributed by atoms with Crippen LogP contribution >= 0.6 is 0 Å². The van der Waals surface area contributed by atoms with Crippen molar-refractivity contribution in [3.05, 3.63) is 0 Å². The molecule has 1 aliphatic carbocycles. The van der Waals surface area contributed by atoms with Crippen LogP contribution in [0, 0.1) is 11.8 Å². The Hall–Kier alpha value is -0.120. The molecule has 0 bridgehead atoms. The smallest absolute Gasteiger partial charge is 0.0707 e. The van der Waals surface area contributed by atoms with Crippen molar-refractivity contribution in [3.63, 3.8) is 0 Å². The van der Waals surface area contributed by atoms with Gasteiger partial charge < -0.3 is 14.6 Å². The predicted octanol–water partition coefficient (Wildman–Crippen LogP) is 2.62. The molecule has 1 rings (SSSR count). The highest BCUT2D eigenvalue weighted by Gasteiger charge is 2.32. The second-order valence-electron chi connectivity index (χ2n) is 5.72. The fourth-order valence-electron chi connectivity index (χ4n) is 2.58. The average molecular weight is 244 g/mol. The standard InChI is InChI=1S/C14H28O3/c1-12(2)13-4-6-14(3,7-5-13)17-11-10-16-9-8-15/h12-13,15H,4-11H2,1-3H3. The molecule has 0 unspecified atom stereocenters. The van der Waals surface area contributed by atoms with Crippen molar-refractivity contribution in [2.75, 3.05) is 26.4 Å². The fourth-order valence-corrected chi connectivity index (χ4v) is 2.58. The molecule has 0 saturated heterocycles. The first-order valence-electron chi connectivity index (χ1n) is 6.90. The van der Waals surface area contributed by atoms with Crippen LogP contribution in [-0.4, -0.2) is 37.1 Å². The molecule has 3 nitrogen and oxygen atoms in total. The summed E-state index contributed by atoms with van der Waals surface area (Å²) in [4.78, 5) is 0. The molecule has 0 aliphatic heterocycles. The Morgan fingerprint density at radius 2 is 1.82 bits per heavy atom. The molecule has 0 aromatic heterocycles. The Bertz CT molecular complexity index is 196. The summed E-state index contributed by atoms with van der Waals surface area (Å²) in [6.45, 7) is 8.58. The molecule has 1 N–H and O–H groups in total.